The largest absolute Gasteiger partial charge is 0.325 e. The Labute approximate surface area is 99.6 Å². The summed E-state index contributed by atoms with van der Waals surface area (Å²) in [6.45, 7) is 3.12. The van der Waals surface area contributed by atoms with Gasteiger partial charge in [0.2, 0.25) is 0 Å². The van der Waals surface area contributed by atoms with Gasteiger partial charge < -0.3 is 5.73 Å². The van der Waals surface area contributed by atoms with Crippen LogP contribution in [0.3, 0.4) is 0 Å². The molecule has 3 nitrogen and oxygen atoms in total. The Hall–Kier alpha value is -1.01. The third kappa shape index (κ3) is 4.79. The van der Waals surface area contributed by atoms with Crippen molar-refractivity contribution >= 4 is 9.84 Å². The maximum atomic E-state index is 13.3. The summed E-state index contributed by atoms with van der Waals surface area (Å²) in [7, 11) is -3.56. The van der Waals surface area contributed by atoms with E-state index in [-0.39, 0.29) is 11.3 Å². The van der Waals surface area contributed by atoms with Crippen LogP contribution in [0.1, 0.15) is 19.4 Å². The molecule has 0 amide bonds. The van der Waals surface area contributed by atoms with Crippen molar-refractivity contribution in [1.82, 2.24) is 0 Å². The molecular formula is C11H15F2NO2S. The molecule has 96 valence electrons. The highest BCUT2D eigenvalue weighted by Crippen LogP contribution is 2.15. The zero-order valence-corrected chi connectivity index (χ0v) is 10.5. The molecule has 0 saturated heterocycles. The quantitative estimate of drug-likeness (QED) is 0.898. The highest BCUT2D eigenvalue weighted by molar-refractivity contribution is 7.90. The molecule has 0 bridgehead atoms. The molecule has 0 atom stereocenters. The lowest BCUT2D eigenvalue weighted by Crippen LogP contribution is -2.40. The molecule has 1 aromatic carbocycles. The molecule has 0 saturated carbocycles. The van der Waals surface area contributed by atoms with Crippen LogP contribution < -0.4 is 5.73 Å². The van der Waals surface area contributed by atoms with Crippen molar-refractivity contribution < 1.29 is 17.2 Å². The van der Waals surface area contributed by atoms with Crippen LogP contribution in [0.4, 0.5) is 8.78 Å². The van der Waals surface area contributed by atoms with Crippen LogP contribution in [-0.4, -0.2) is 19.7 Å². The lowest BCUT2D eigenvalue weighted by Gasteiger charge is -2.18. The van der Waals surface area contributed by atoms with Crippen molar-refractivity contribution in [2.24, 2.45) is 5.73 Å². The average molecular weight is 263 g/mol. The van der Waals surface area contributed by atoms with Gasteiger partial charge in [0.25, 0.3) is 0 Å². The normalized spacial score (nSPS) is 12.8. The zero-order chi connectivity index (χ0) is 13.3. The fourth-order valence-electron chi connectivity index (χ4n) is 1.51. The molecule has 1 aromatic rings. The Morgan fingerprint density at radius 3 is 2.41 bits per heavy atom. The molecule has 6 heteroatoms. The maximum absolute atomic E-state index is 13.3. The number of halogens is 2. The van der Waals surface area contributed by atoms with E-state index in [2.05, 4.69) is 0 Å². The first kappa shape index (κ1) is 14.1. The van der Waals surface area contributed by atoms with E-state index in [9.17, 15) is 17.2 Å². The van der Waals surface area contributed by atoms with Gasteiger partial charge in [0.1, 0.15) is 11.6 Å². The first-order chi connectivity index (χ1) is 7.59. The summed E-state index contributed by atoms with van der Waals surface area (Å²) >= 11 is 0. The zero-order valence-electron chi connectivity index (χ0n) is 9.70. The number of rotatable bonds is 4. The van der Waals surface area contributed by atoms with Crippen molar-refractivity contribution in [1.29, 1.82) is 0 Å². The Balaban J connectivity index is 2.94. The molecule has 0 aliphatic heterocycles. The minimum Gasteiger partial charge on any atom is -0.325 e. The third-order valence-electron chi connectivity index (χ3n) is 1.98. The monoisotopic (exact) mass is 263 g/mol. The fourth-order valence-corrected chi connectivity index (χ4v) is 3.44. The van der Waals surface area contributed by atoms with E-state index in [1.54, 1.807) is 13.8 Å². The summed E-state index contributed by atoms with van der Waals surface area (Å²) in [4.78, 5) is 0. The molecule has 2 N–H and O–H groups in total. The minimum absolute atomic E-state index is 0.172. The summed E-state index contributed by atoms with van der Waals surface area (Å²) in [6.07, 6.45) is 0. The molecule has 0 aliphatic rings. The molecule has 0 aliphatic carbocycles. The second kappa shape index (κ2) is 4.70. The molecule has 0 fully saturated rings. The topological polar surface area (TPSA) is 60.2 Å². The van der Waals surface area contributed by atoms with Gasteiger partial charge in [0, 0.05) is 11.1 Å². The molecule has 1 rings (SSSR count). The number of hydrogen-bond acceptors (Lipinski definition) is 3. The van der Waals surface area contributed by atoms with Gasteiger partial charge in [-0.1, -0.05) is 0 Å². The summed E-state index contributed by atoms with van der Waals surface area (Å²) in [5.74, 6) is -2.22. The van der Waals surface area contributed by atoms with Gasteiger partial charge in [-0.25, -0.2) is 17.2 Å². The van der Waals surface area contributed by atoms with Gasteiger partial charge in [-0.3, -0.25) is 0 Å². The van der Waals surface area contributed by atoms with E-state index in [4.69, 9.17) is 5.73 Å². The second-order valence-corrected chi connectivity index (χ2v) is 6.82. The van der Waals surface area contributed by atoms with Crippen molar-refractivity contribution in [3.05, 3.63) is 35.4 Å². The van der Waals surface area contributed by atoms with Gasteiger partial charge in [0.15, 0.2) is 9.84 Å². The van der Waals surface area contributed by atoms with Gasteiger partial charge in [-0.05, 0) is 32.0 Å². The smallest absolute Gasteiger partial charge is 0.156 e. The van der Waals surface area contributed by atoms with Crippen molar-refractivity contribution in [3.63, 3.8) is 0 Å². The first-order valence-electron chi connectivity index (χ1n) is 5.02. The summed E-state index contributed by atoms with van der Waals surface area (Å²) in [5, 5.41) is 0. The van der Waals surface area contributed by atoms with E-state index in [1.165, 1.54) is 0 Å². The van der Waals surface area contributed by atoms with E-state index < -0.39 is 32.8 Å². The molecule has 0 radical (unpaired) electrons. The Bertz CT molecular complexity index is 507. The van der Waals surface area contributed by atoms with Gasteiger partial charge in [-0.2, -0.15) is 0 Å². The molecule has 0 unspecified atom stereocenters. The number of benzene rings is 1. The third-order valence-corrected chi connectivity index (χ3v) is 3.91. The summed E-state index contributed by atoms with van der Waals surface area (Å²) in [5.41, 5.74) is 4.52. The Morgan fingerprint density at radius 2 is 1.88 bits per heavy atom. The number of sulfone groups is 1. The lowest BCUT2D eigenvalue weighted by molar-refractivity contribution is 0.541. The van der Waals surface area contributed by atoms with Crippen molar-refractivity contribution in [2.45, 2.75) is 25.1 Å². The van der Waals surface area contributed by atoms with Crippen LogP contribution >= 0.6 is 0 Å². The minimum atomic E-state index is -3.56. The summed E-state index contributed by atoms with van der Waals surface area (Å²) in [6, 6.07) is 2.74. The van der Waals surface area contributed by atoms with Crippen LogP contribution in [0.25, 0.3) is 0 Å². The van der Waals surface area contributed by atoms with Crippen LogP contribution in [0, 0.1) is 11.6 Å². The van der Waals surface area contributed by atoms with Crippen molar-refractivity contribution in [3.8, 4) is 0 Å². The lowest BCUT2D eigenvalue weighted by atomic mass is 10.1. The predicted octanol–water partition coefficient (Wildman–Crippen LogP) is 1.62. The summed E-state index contributed by atoms with van der Waals surface area (Å²) < 4.78 is 49.6. The first-order valence-corrected chi connectivity index (χ1v) is 6.84. The highest BCUT2D eigenvalue weighted by atomic mass is 32.2. The SMILES string of the molecule is CC(C)(N)CS(=O)(=O)Cc1cc(F)ccc1F. The van der Waals surface area contributed by atoms with Crippen molar-refractivity contribution in [2.75, 3.05) is 5.75 Å². The second-order valence-electron chi connectivity index (χ2n) is 4.76. The molecule has 0 aromatic heterocycles. The molecular weight excluding hydrogens is 248 g/mol. The maximum Gasteiger partial charge on any atom is 0.156 e. The van der Waals surface area contributed by atoms with Gasteiger partial charge >= 0.3 is 0 Å². The highest BCUT2D eigenvalue weighted by Gasteiger charge is 2.23. The van der Waals surface area contributed by atoms with Crippen LogP contribution in [0.2, 0.25) is 0 Å². The van der Waals surface area contributed by atoms with Crippen LogP contribution in [0.5, 0.6) is 0 Å². The fraction of sp³-hybridized carbons (Fsp3) is 0.455. The standard InChI is InChI=1S/C11H15F2NO2S/c1-11(2,14)7-17(15,16)6-8-5-9(12)3-4-10(8)13/h3-5H,6-7,14H2,1-2H3. The van der Waals surface area contributed by atoms with E-state index in [0.29, 0.717) is 0 Å². The van der Waals surface area contributed by atoms with Gasteiger partial charge in [-0.15, -0.1) is 0 Å². The van der Waals surface area contributed by atoms with Gasteiger partial charge in [0.05, 0.1) is 11.5 Å². The number of nitrogens with two attached hydrogens (primary N) is 1. The predicted molar refractivity (Wildman–Crippen MR) is 62.1 cm³/mol. The molecule has 0 spiro atoms. The Morgan fingerprint density at radius 1 is 1.29 bits per heavy atom. The van der Waals surface area contributed by atoms with E-state index >= 15 is 0 Å². The van der Waals surface area contributed by atoms with Crippen LogP contribution in [0.15, 0.2) is 18.2 Å². The average Bonchev–Trinajstić information content (AvgIpc) is 2.06. The van der Waals surface area contributed by atoms with Crippen LogP contribution in [-0.2, 0) is 15.6 Å². The van der Waals surface area contributed by atoms with E-state index in [0.717, 1.165) is 18.2 Å². The molecule has 17 heavy (non-hydrogen) atoms. The number of hydrogen-bond donors (Lipinski definition) is 1. The molecule has 0 heterocycles. The Kier molecular flexibility index (Phi) is 3.88. The van der Waals surface area contributed by atoms with E-state index in [1.807, 2.05) is 0 Å².